The summed E-state index contributed by atoms with van der Waals surface area (Å²) >= 11 is 17.0. The normalized spacial score (nSPS) is 10.4. The fraction of sp³-hybridized carbons (Fsp3) is 0.500. The summed E-state index contributed by atoms with van der Waals surface area (Å²) in [6, 6.07) is 0. The fourth-order valence-corrected chi connectivity index (χ4v) is 1.97. The van der Waals surface area contributed by atoms with Crippen LogP contribution in [0.3, 0.4) is 0 Å². The van der Waals surface area contributed by atoms with Crippen LogP contribution >= 0.6 is 34.8 Å². The topological polar surface area (TPSA) is 69.0 Å². The molecule has 1 aromatic rings. The Kier molecular flexibility index (Phi) is 5.18. The fourth-order valence-electron chi connectivity index (χ4n) is 1.27. The number of halogens is 3. The van der Waals surface area contributed by atoms with Crippen molar-refractivity contribution >= 4 is 40.5 Å². The molecule has 0 saturated carbocycles. The first kappa shape index (κ1) is 13.4. The molecule has 0 amide bonds. The van der Waals surface area contributed by atoms with Crippen LogP contribution in [0.1, 0.15) is 0 Å². The quantitative estimate of drug-likeness (QED) is 0.627. The van der Waals surface area contributed by atoms with Gasteiger partial charge < -0.3 is 4.90 Å². The van der Waals surface area contributed by atoms with Crippen molar-refractivity contribution < 1.29 is 0 Å². The van der Waals surface area contributed by atoms with Gasteiger partial charge in [-0.3, -0.25) is 14.8 Å². The summed E-state index contributed by atoms with van der Waals surface area (Å²) in [6.45, 7) is 0.840. The Morgan fingerprint density at radius 3 is 2.06 bits per heavy atom. The summed E-state index contributed by atoms with van der Waals surface area (Å²) in [5, 5.41) is -0.0102. The number of nitrogens with one attached hydrogen (secondary N) is 2. The van der Waals surface area contributed by atoms with Gasteiger partial charge in [-0.05, 0) is 0 Å². The predicted molar refractivity (Wildman–Crippen MR) is 66.3 cm³/mol. The Morgan fingerprint density at radius 1 is 1.06 bits per heavy atom. The number of H-pyrrole nitrogens is 2. The van der Waals surface area contributed by atoms with Crippen LogP contribution in [0.2, 0.25) is 5.15 Å². The Morgan fingerprint density at radius 2 is 1.62 bits per heavy atom. The molecule has 0 aliphatic carbocycles. The summed E-state index contributed by atoms with van der Waals surface area (Å²) in [4.78, 5) is 28.5. The number of hydrogen-bond donors (Lipinski definition) is 2. The van der Waals surface area contributed by atoms with Crippen LogP contribution < -0.4 is 16.1 Å². The van der Waals surface area contributed by atoms with Crippen LogP contribution in [-0.4, -0.2) is 34.8 Å². The number of nitrogens with zero attached hydrogens (tertiary/aromatic N) is 1. The number of rotatable bonds is 5. The second kappa shape index (κ2) is 6.18. The van der Waals surface area contributed by atoms with Crippen molar-refractivity contribution in [1.29, 1.82) is 0 Å². The van der Waals surface area contributed by atoms with E-state index in [2.05, 4.69) is 9.97 Å². The van der Waals surface area contributed by atoms with Gasteiger partial charge in [0.05, 0.1) is 0 Å². The van der Waals surface area contributed by atoms with Crippen LogP contribution in [0, 0.1) is 0 Å². The lowest BCUT2D eigenvalue weighted by molar-refractivity contribution is 0.850. The van der Waals surface area contributed by atoms with Gasteiger partial charge in [0.2, 0.25) is 0 Å². The van der Waals surface area contributed by atoms with Crippen LogP contribution in [0.25, 0.3) is 0 Å². The van der Waals surface area contributed by atoms with Crippen LogP contribution in [0.4, 0.5) is 5.69 Å². The lowest BCUT2D eigenvalue weighted by Gasteiger charge is -2.22. The first-order valence-corrected chi connectivity index (χ1v) is 5.93. The number of alkyl halides is 2. The molecule has 90 valence electrons. The molecule has 8 heteroatoms. The lowest BCUT2D eigenvalue weighted by atomic mass is 10.4. The third-order valence-electron chi connectivity index (χ3n) is 1.90. The highest BCUT2D eigenvalue weighted by Gasteiger charge is 2.14. The Labute approximate surface area is 106 Å². The maximum atomic E-state index is 11.6. The van der Waals surface area contributed by atoms with Gasteiger partial charge in [-0.2, -0.15) is 0 Å². The van der Waals surface area contributed by atoms with Gasteiger partial charge in [-0.1, -0.05) is 11.6 Å². The molecule has 0 atom stereocenters. The molecule has 0 aliphatic rings. The average Bonchev–Trinajstić information content (AvgIpc) is 2.16. The van der Waals surface area contributed by atoms with Crippen LogP contribution in [0.15, 0.2) is 9.59 Å². The SMILES string of the molecule is O=c1[nH]c(Cl)c(N(CCCl)CCCl)c(=O)[nH]1. The van der Waals surface area contributed by atoms with Gasteiger partial charge in [0.1, 0.15) is 10.8 Å². The van der Waals surface area contributed by atoms with Crippen LogP contribution in [-0.2, 0) is 0 Å². The monoisotopic (exact) mass is 285 g/mol. The molecule has 0 fully saturated rings. The highest BCUT2D eigenvalue weighted by atomic mass is 35.5. The van der Waals surface area contributed by atoms with Crippen molar-refractivity contribution in [2.75, 3.05) is 29.7 Å². The van der Waals surface area contributed by atoms with Crippen molar-refractivity contribution in [3.05, 3.63) is 26.0 Å². The molecule has 0 aromatic carbocycles. The summed E-state index contributed by atoms with van der Waals surface area (Å²) in [5.74, 6) is 0.650. The van der Waals surface area contributed by atoms with Crippen molar-refractivity contribution in [2.24, 2.45) is 0 Å². The Balaban J connectivity index is 3.18. The van der Waals surface area contributed by atoms with Gasteiger partial charge in [0.25, 0.3) is 5.56 Å². The van der Waals surface area contributed by atoms with Crippen molar-refractivity contribution in [3.8, 4) is 0 Å². The zero-order valence-corrected chi connectivity index (χ0v) is 10.5. The van der Waals surface area contributed by atoms with Gasteiger partial charge in [-0.15, -0.1) is 23.2 Å². The largest absolute Gasteiger partial charge is 0.362 e. The summed E-state index contributed by atoms with van der Waals surface area (Å²) in [6.07, 6.45) is 0. The van der Waals surface area contributed by atoms with E-state index in [4.69, 9.17) is 34.8 Å². The molecule has 0 bridgehead atoms. The first-order chi connectivity index (χ1) is 7.60. The zero-order chi connectivity index (χ0) is 12.1. The minimum absolute atomic E-state index is 0.0102. The summed E-state index contributed by atoms with van der Waals surface area (Å²) < 4.78 is 0. The van der Waals surface area contributed by atoms with E-state index in [9.17, 15) is 9.59 Å². The van der Waals surface area contributed by atoms with E-state index < -0.39 is 11.2 Å². The summed E-state index contributed by atoms with van der Waals surface area (Å²) in [5.41, 5.74) is -1.01. The Bertz CT molecular complexity index is 451. The zero-order valence-electron chi connectivity index (χ0n) is 8.23. The molecule has 16 heavy (non-hydrogen) atoms. The van der Waals surface area contributed by atoms with E-state index in [1.54, 1.807) is 4.90 Å². The molecule has 1 heterocycles. The van der Waals surface area contributed by atoms with Gasteiger partial charge in [-0.25, -0.2) is 4.79 Å². The van der Waals surface area contributed by atoms with Crippen molar-refractivity contribution in [1.82, 2.24) is 9.97 Å². The molecule has 0 radical (unpaired) electrons. The minimum atomic E-state index is -0.643. The first-order valence-electron chi connectivity index (χ1n) is 4.49. The molecule has 5 nitrogen and oxygen atoms in total. The average molecular weight is 287 g/mol. The molecule has 0 unspecified atom stereocenters. The standard InChI is InChI=1S/C8H10Cl3N3O2/c9-1-3-14(4-2-10)5-6(11)12-8(16)13-7(5)15/h1-4H2,(H2,12,13,15,16). The smallest absolute Gasteiger partial charge is 0.326 e. The predicted octanol–water partition coefficient (Wildman–Crippen LogP) is 1.00. The van der Waals surface area contributed by atoms with Crippen molar-refractivity contribution in [2.45, 2.75) is 0 Å². The third kappa shape index (κ3) is 3.17. The second-order valence-electron chi connectivity index (χ2n) is 2.94. The van der Waals surface area contributed by atoms with E-state index in [1.807, 2.05) is 0 Å². The van der Waals surface area contributed by atoms with E-state index in [0.717, 1.165) is 0 Å². The summed E-state index contributed by atoms with van der Waals surface area (Å²) in [7, 11) is 0. The molecule has 0 saturated heterocycles. The van der Waals surface area contributed by atoms with E-state index in [0.29, 0.717) is 24.8 Å². The highest BCUT2D eigenvalue weighted by molar-refractivity contribution is 6.32. The van der Waals surface area contributed by atoms with E-state index >= 15 is 0 Å². The maximum Gasteiger partial charge on any atom is 0.326 e. The number of anilines is 1. The molecular formula is C8H10Cl3N3O2. The molecule has 2 N–H and O–H groups in total. The van der Waals surface area contributed by atoms with Gasteiger partial charge >= 0.3 is 5.69 Å². The van der Waals surface area contributed by atoms with Gasteiger partial charge in [0, 0.05) is 24.8 Å². The highest BCUT2D eigenvalue weighted by Crippen LogP contribution is 2.16. The van der Waals surface area contributed by atoms with E-state index in [1.165, 1.54) is 0 Å². The molecule has 0 spiro atoms. The third-order valence-corrected chi connectivity index (χ3v) is 2.51. The lowest BCUT2D eigenvalue weighted by Crippen LogP contribution is -2.35. The van der Waals surface area contributed by atoms with Crippen molar-refractivity contribution in [3.63, 3.8) is 0 Å². The van der Waals surface area contributed by atoms with E-state index in [-0.39, 0.29) is 10.8 Å². The number of aromatic nitrogens is 2. The molecule has 1 aromatic heterocycles. The van der Waals surface area contributed by atoms with Gasteiger partial charge in [0.15, 0.2) is 0 Å². The molecule has 0 aliphatic heterocycles. The second-order valence-corrected chi connectivity index (χ2v) is 4.07. The maximum absolute atomic E-state index is 11.6. The Hall–Kier alpha value is -0.650. The van der Waals surface area contributed by atoms with Crippen LogP contribution in [0.5, 0.6) is 0 Å². The number of hydrogen-bond acceptors (Lipinski definition) is 3. The molecule has 1 rings (SSSR count). The number of aromatic amines is 2. The minimum Gasteiger partial charge on any atom is -0.362 e. The molecular weight excluding hydrogens is 276 g/mol.